The van der Waals surface area contributed by atoms with Gasteiger partial charge in [-0.3, -0.25) is 9.59 Å². The maximum absolute atomic E-state index is 13.5. The van der Waals surface area contributed by atoms with Crippen molar-refractivity contribution >= 4 is 17.5 Å². The van der Waals surface area contributed by atoms with Crippen LogP contribution in [0.15, 0.2) is 24.3 Å². The molecule has 6 heteroatoms. The van der Waals surface area contributed by atoms with E-state index in [9.17, 15) is 9.59 Å². The van der Waals surface area contributed by atoms with E-state index in [0.717, 1.165) is 64.1 Å². The molecule has 2 aliphatic heterocycles. The number of hydrogen-bond donors (Lipinski definition) is 2. The lowest BCUT2D eigenvalue weighted by molar-refractivity contribution is -0.152. The van der Waals surface area contributed by atoms with Crippen LogP contribution in [-0.2, 0) is 4.79 Å². The maximum Gasteiger partial charge on any atom is 0.255 e. The normalized spacial score (nSPS) is 36.5. The Hall–Kier alpha value is -2.08. The number of carbonyl (C=O) groups is 2. The molecule has 2 heterocycles. The predicted molar refractivity (Wildman–Crippen MR) is 113 cm³/mol. The van der Waals surface area contributed by atoms with Gasteiger partial charge in [-0.05, 0) is 49.8 Å². The number of amides is 2. The minimum Gasteiger partial charge on any atom is -0.362 e. The van der Waals surface area contributed by atoms with E-state index in [0.29, 0.717) is 11.5 Å². The van der Waals surface area contributed by atoms with Gasteiger partial charge in [0.1, 0.15) is 5.66 Å². The molecule has 5 aliphatic rings. The molecule has 2 bridgehead atoms. The van der Waals surface area contributed by atoms with Crippen LogP contribution in [0.5, 0.6) is 0 Å². The van der Waals surface area contributed by atoms with E-state index in [1.165, 1.54) is 0 Å². The van der Waals surface area contributed by atoms with Crippen LogP contribution in [0.4, 0.5) is 5.69 Å². The van der Waals surface area contributed by atoms with Gasteiger partial charge in [0, 0.05) is 43.7 Å². The molecule has 29 heavy (non-hydrogen) atoms. The van der Waals surface area contributed by atoms with Crippen molar-refractivity contribution < 1.29 is 9.59 Å². The summed E-state index contributed by atoms with van der Waals surface area (Å²) in [5.74, 6) is 0.697. The van der Waals surface area contributed by atoms with Gasteiger partial charge in [-0.25, -0.2) is 0 Å². The van der Waals surface area contributed by atoms with E-state index in [1.807, 2.05) is 24.3 Å². The van der Waals surface area contributed by atoms with E-state index < -0.39 is 5.66 Å². The van der Waals surface area contributed by atoms with E-state index >= 15 is 0 Å². The van der Waals surface area contributed by atoms with Gasteiger partial charge in [-0.15, -0.1) is 0 Å². The van der Waals surface area contributed by atoms with Crippen molar-refractivity contribution in [3.05, 3.63) is 29.8 Å². The minimum atomic E-state index is -0.421. The number of nitrogens with zero attached hydrogens (tertiary/aromatic N) is 2. The average molecular weight is 397 g/mol. The summed E-state index contributed by atoms with van der Waals surface area (Å²) in [6.07, 6.45) is 3.79. The van der Waals surface area contributed by atoms with Crippen molar-refractivity contribution in [1.29, 1.82) is 0 Å². The summed E-state index contributed by atoms with van der Waals surface area (Å²) in [5, 5.41) is 7.00. The van der Waals surface area contributed by atoms with Crippen molar-refractivity contribution in [2.45, 2.75) is 45.2 Å². The number of anilines is 1. The zero-order chi connectivity index (χ0) is 20.2. The van der Waals surface area contributed by atoms with E-state index in [1.54, 1.807) is 0 Å². The van der Waals surface area contributed by atoms with Crippen LogP contribution in [0.3, 0.4) is 0 Å². The summed E-state index contributed by atoms with van der Waals surface area (Å²) in [5.41, 5.74) is 1.13. The Bertz CT molecular complexity index is 834. The highest BCUT2D eigenvalue weighted by Crippen LogP contribution is 2.58. The van der Waals surface area contributed by atoms with E-state index in [2.05, 4.69) is 34.3 Å². The Balaban J connectivity index is 1.37. The van der Waals surface area contributed by atoms with E-state index in [4.69, 9.17) is 0 Å². The molecule has 6 rings (SSSR count). The Labute approximate surface area is 173 Å². The van der Waals surface area contributed by atoms with Gasteiger partial charge in [0.05, 0.1) is 5.56 Å². The van der Waals surface area contributed by atoms with Crippen LogP contribution in [0, 0.1) is 17.3 Å². The van der Waals surface area contributed by atoms with Crippen LogP contribution >= 0.6 is 0 Å². The lowest BCUT2D eigenvalue weighted by atomic mass is 9.51. The molecule has 156 valence electrons. The number of carbonyl (C=O) groups excluding carboxylic acids is 2. The average Bonchev–Trinajstić information content (AvgIpc) is 2.73. The van der Waals surface area contributed by atoms with Crippen molar-refractivity contribution in [1.82, 2.24) is 15.1 Å². The second-order valence-electron chi connectivity index (χ2n) is 9.71. The highest BCUT2D eigenvalue weighted by molar-refractivity contribution is 6.02. The predicted octanol–water partition coefficient (Wildman–Crippen LogP) is 2.53. The second kappa shape index (κ2) is 6.73. The summed E-state index contributed by atoms with van der Waals surface area (Å²) in [7, 11) is 0. The molecule has 0 radical (unpaired) electrons. The largest absolute Gasteiger partial charge is 0.362 e. The lowest BCUT2D eigenvalue weighted by Gasteiger charge is -2.61. The fraction of sp³-hybridized carbons (Fsp3) is 0.652. The molecule has 2 N–H and O–H groups in total. The molecule has 1 aromatic rings. The number of para-hydroxylation sites is 1. The third-order valence-electron chi connectivity index (χ3n) is 8.10. The molecule has 0 unspecified atom stereocenters. The zero-order valence-corrected chi connectivity index (χ0v) is 17.5. The molecule has 3 saturated carbocycles. The monoisotopic (exact) mass is 396 g/mol. The third-order valence-corrected chi connectivity index (χ3v) is 8.10. The molecule has 6 nitrogen and oxygen atoms in total. The second-order valence-corrected chi connectivity index (χ2v) is 9.71. The molecule has 1 spiro atoms. The Morgan fingerprint density at radius 2 is 1.93 bits per heavy atom. The SMILES string of the molecule is CCN1CCN(C(=O)[C@H]2C[C@H]3CC[C@]2(C)C[C@]32NC(=O)c3ccccc3N2)CC1. The Morgan fingerprint density at radius 3 is 2.66 bits per heavy atom. The summed E-state index contributed by atoms with van der Waals surface area (Å²) in [6, 6.07) is 7.74. The number of likely N-dealkylation sites (N-methyl/N-ethyl adjacent to an activating group) is 1. The van der Waals surface area contributed by atoms with Gasteiger partial charge in [-0.2, -0.15) is 0 Å². The molecule has 2 amide bonds. The highest BCUT2D eigenvalue weighted by atomic mass is 16.2. The van der Waals surface area contributed by atoms with E-state index in [-0.39, 0.29) is 23.2 Å². The van der Waals surface area contributed by atoms with Crippen molar-refractivity contribution in [3.63, 3.8) is 0 Å². The number of nitrogens with one attached hydrogen (secondary N) is 2. The van der Waals surface area contributed by atoms with Crippen LogP contribution in [0.1, 0.15) is 49.9 Å². The first-order valence-corrected chi connectivity index (χ1v) is 11.1. The number of benzene rings is 1. The molecular formula is C23H32N4O2. The first-order chi connectivity index (χ1) is 13.9. The number of rotatable bonds is 2. The molecular weight excluding hydrogens is 364 g/mol. The van der Waals surface area contributed by atoms with Crippen LogP contribution in [-0.4, -0.2) is 60.0 Å². The lowest BCUT2D eigenvalue weighted by Crippen LogP contribution is -2.70. The van der Waals surface area contributed by atoms with Crippen molar-refractivity contribution in [3.8, 4) is 0 Å². The standard InChI is InChI=1S/C23H32N4O2/c1-3-26-10-12-27(13-11-26)21(29)18-14-16-8-9-22(18,2)15-23(16)24-19-7-5-4-6-17(19)20(28)25-23/h4-7,16,18,24H,3,8-15H2,1-2H3,(H,25,28)/t16-,18-,22-,23+/m1/s1. The summed E-state index contributed by atoms with van der Waals surface area (Å²) in [4.78, 5) is 30.8. The molecule has 4 fully saturated rings. The fourth-order valence-electron chi connectivity index (χ4n) is 6.33. The van der Waals surface area contributed by atoms with Crippen molar-refractivity contribution in [2.24, 2.45) is 17.3 Å². The highest BCUT2D eigenvalue weighted by Gasteiger charge is 2.60. The zero-order valence-electron chi connectivity index (χ0n) is 17.5. The summed E-state index contributed by atoms with van der Waals surface area (Å²) in [6.45, 7) is 9.15. The van der Waals surface area contributed by atoms with Gasteiger partial charge in [-0.1, -0.05) is 26.0 Å². The van der Waals surface area contributed by atoms with Crippen molar-refractivity contribution in [2.75, 3.05) is 38.0 Å². The summed E-state index contributed by atoms with van der Waals surface area (Å²) >= 11 is 0. The van der Waals surface area contributed by atoms with Gasteiger partial charge in [0.2, 0.25) is 5.91 Å². The quantitative estimate of drug-likeness (QED) is 0.806. The van der Waals surface area contributed by atoms with Gasteiger partial charge in [0.25, 0.3) is 5.91 Å². The fourth-order valence-corrected chi connectivity index (χ4v) is 6.33. The Kier molecular flexibility index (Phi) is 4.39. The number of hydrogen-bond acceptors (Lipinski definition) is 4. The first kappa shape index (κ1) is 18.9. The van der Waals surface area contributed by atoms with Crippen LogP contribution in [0.25, 0.3) is 0 Å². The topological polar surface area (TPSA) is 64.7 Å². The summed E-state index contributed by atoms with van der Waals surface area (Å²) < 4.78 is 0. The van der Waals surface area contributed by atoms with Gasteiger partial charge in [0.15, 0.2) is 0 Å². The van der Waals surface area contributed by atoms with Gasteiger partial charge >= 0.3 is 0 Å². The molecule has 1 saturated heterocycles. The van der Waals surface area contributed by atoms with Crippen LogP contribution < -0.4 is 10.6 Å². The Morgan fingerprint density at radius 1 is 1.17 bits per heavy atom. The number of fused-ring (bicyclic) bond motifs is 3. The molecule has 4 atom stereocenters. The minimum absolute atomic E-state index is 0.00839. The first-order valence-electron chi connectivity index (χ1n) is 11.1. The number of piperazine rings is 1. The molecule has 3 aliphatic carbocycles. The van der Waals surface area contributed by atoms with Crippen LogP contribution in [0.2, 0.25) is 0 Å². The molecule has 1 aromatic carbocycles. The smallest absolute Gasteiger partial charge is 0.255 e. The maximum atomic E-state index is 13.5. The third kappa shape index (κ3) is 2.95. The van der Waals surface area contributed by atoms with Gasteiger partial charge < -0.3 is 20.4 Å². The molecule has 0 aromatic heterocycles.